The van der Waals surface area contributed by atoms with Gasteiger partial charge in [0.1, 0.15) is 5.75 Å². The highest BCUT2D eigenvalue weighted by molar-refractivity contribution is 5.77. The van der Waals surface area contributed by atoms with Crippen LogP contribution in [0.1, 0.15) is 18.6 Å². The Morgan fingerprint density at radius 1 is 1.41 bits per heavy atom. The molecule has 6 heteroatoms. The minimum Gasteiger partial charge on any atom is -0.496 e. The maximum Gasteiger partial charge on any atom is 0.339 e. The van der Waals surface area contributed by atoms with Gasteiger partial charge in [-0.05, 0) is 13.0 Å². The average molecular weight is 246 g/mol. The van der Waals surface area contributed by atoms with Gasteiger partial charge in [0.25, 0.3) is 0 Å². The monoisotopic (exact) mass is 246 g/mol. The molecule has 4 nitrogen and oxygen atoms in total. The third kappa shape index (κ3) is 2.91. The highest BCUT2D eigenvalue weighted by atomic mass is 19.2. The van der Waals surface area contributed by atoms with Crippen LogP contribution in [0.3, 0.4) is 0 Å². The van der Waals surface area contributed by atoms with Gasteiger partial charge in [-0.25, -0.2) is 13.6 Å². The number of hydrogen-bond acceptors (Lipinski definition) is 4. The standard InChI is InChI=1S/C11H12F2O4/c1-3-17-11(15)10(14)6-4-7(12)8(13)5-9(6)16-2/h4-5,10,14H,3H2,1-2H3. The molecule has 0 saturated heterocycles. The van der Waals surface area contributed by atoms with Crippen molar-refractivity contribution in [3.8, 4) is 5.75 Å². The van der Waals surface area contributed by atoms with Gasteiger partial charge >= 0.3 is 5.97 Å². The fraction of sp³-hybridized carbons (Fsp3) is 0.364. The number of halogens is 2. The summed E-state index contributed by atoms with van der Waals surface area (Å²) >= 11 is 0. The first-order chi connectivity index (χ1) is 8.01. The largest absolute Gasteiger partial charge is 0.496 e. The van der Waals surface area contributed by atoms with Crippen LogP contribution in [0.15, 0.2) is 12.1 Å². The summed E-state index contributed by atoms with van der Waals surface area (Å²) in [5, 5.41) is 9.60. The molecule has 0 spiro atoms. The molecule has 0 amide bonds. The molecule has 0 bridgehead atoms. The zero-order chi connectivity index (χ0) is 13.0. The van der Waals surface area contributed by atoms with Crippen LogP contribution < -0.4 is 4.74 Å². The summed E-state index contributed by atoms with van der Waals surface area (Å²) in [5.41, 5.74) is -0.176. The van der Waals surface area contributed by atoms with Crippen LogP contribution in [0.4, 0.5) is 8.78 Å². The SMILES string of the molecule is CCOC(=O)C(O)c1cc(F)c(F)cc1OC. The van der Waals surface area contributed by atoms with Crippen LogP contribution in [-0.4, -0.2) is 24.8 Å². The van der Waals surface area contributed by atoms with E-state index in [1.807, 2.05) is 0 Å². The number of esters is 1. The summed E-state index contributed by atoms with van der Waals surface area (Å²) < 4.78 is 35.2. The number of hydrogen-bond donors (Lipinski definition) is 1. The fourth-order valence-electron chi connectivity index (χ4n) is 1.28. The molecule has 0 aromatic heterocycles. The first-order valence-corrected chi connectivity index (χ1v) is 4.88. The molecule has 0 aliphatic carbocycles. The smallest absolute Gasteiger partial charge is 0.339 e. The molecule has 1 N–H and O–H groups in total. The summed E-state index contributed by atoms with van der Waals surface area (Å²) in [5.74, 6) is -3.37. The summed E-state index contributed by atoms with van der Waals surface area (Å²) in [7, 11) is 1.22. The van der Waals surface area contributed by atoms with Crippen LogP contribution in [0.2, 0.25) is 0 Å². The van der Waals surface area contributed by atoms with Crippen molar-refractivity contribution in [1.29, 1.82) is 0 Å². The van der Waals surface area contributed by atoms with Gasteiger partial charge in [-0.15, -0.1) is 0 Å². The first-order valence-electron chi connectivity index (χ1n) is 4.88. The van der Waals surface area contributed by atoms with E-state index in [2.05, 4.69) is 4.74 Å². The van der Waals surface area contributed by atoms with Gasteiger partial charge in [-0.3, -0.25) is 0 Å². The number of aliphatic hydroxyl groups excluding tert-OH is 1. The van der Waals surface area contributed by atoms with Crippen LogP contribution in [0.25, 0.3) is 0 Å². The normalized spacial score (nSPS) is 12.1. The van der Waals surface area contributed by atoms with E-state index in [9.17, 15) is 18.7 Å². The van der Waals surface area contributed by atoms with Crippen molar-refractivity contribution in [1.82, 2.24) is 0 Å². The number of aliphatic hydroxyl groups is 1. The summed E-state index contributed by atoms with van der Waals surface area (Å²) in [6.45, 7) is 1.63. The Labute approximate surface area is 96.8 Å². The molecule has 0 aliphatic heterocycles. The van der Waals surface area contributed by atoms with E-state index < -0.39 is 23.7 Å². The lowest BCUT2D eigenvalue weighted by molar-refractivity contribution is -0.153. The zero-order valence-corrected chi connectivity index (χ0v) is 9.37. The lowest BCUT2D eigenvalue weighted by atomic mass is 10.1. The Morgan fingerprint density at radius 2 is 2.00 bits per heavy atom. The van der Waals surface area contributed by atoms with Crippen molar-refractivity contribution in [3.05, 3.63) is 29.3 Å². The Bertz CT molecular complexity index is 420. The molecule has 0 radical (unpaired) electrons. The van der Waals surface area contributed by atoms with Gasteiger partial charge in [0.2, 0.25) is 0 Å². The van der Waals surface area contributed by atoms with Gasteiger partial charge < -0.3 is 14.6 Å². The van der Waals surface area contributed by atoms with Crippen molar-refractivity contribution in [2.45, 2.75) is 13.0 Å². The van der Waals surface area contributed by atoms with E-state index in [-0.39, 0.29) is 17.9 Å². The minimum atomic E-state index is -1.71. The van der Waals surface area contributed by atoms with Crippen molar-refractivity contribution >= 4 is 5.97 Å². The fourth-order valence-corrected chi connectivity index (χ4v) is 1.28. The Kier molecular flexibility index (Phi) is 4.39. The molecule has 1 aromatic rings. The molecule has 1 unspecified atom stereocenters. The number of carbonyl (C=O) groups excluding carboxylic acids is 1. The van der Waals surface area contributed by atoms with Crippen molar-refractivity contribution in [3.63, 3.8) is 0 Å². The van der Waals surface area contributed by atoms with E-state index in [0.717, 1.165) is 6.07 Å². The van der Waals surface area contributed by atoms with Crippen LogP contribution in [0, 0.1) is 11.6 Å². The van der Waals surface area contributed by atoms with Gasteiger partial charge in [0.05, 0.1) is 13.7 Å². The predicted molar refractivity (Wildman–Crippen MR) is 54.5 cm³/mol. The molecule has 0 fully saturated rings. The van der Waals surface area contributed by atoms with Crippen molar-refractivity contribution in [2.24, 2.45) is 0 Å². The van der Waals surface area contributed by atoms with Gasteiger partial charge in [-0.2, -0.15) is 0 Å². The topological polar surface area (TPSA) is 55.8 Å². The van der Waals surface area contributed by atoms with Crippen molar-refractivity contribution in [2.75, 3.05) is 13.7 Å². The predicted octanol–water partition coefficient (Wildman–Crippen LogP) is 1.57. The summed E-state index contributed by atoms with van der Waals surface area (Å²) in [6.07, 6.45) is -1.71. The summed E-state index contributed by atoms with van der Waals surface area (Å²) in [6, 6.07) is 1.46. The number of benzene rings is 1. The molecule has 0 aliphatic rings. The molecule has 1 rings (SSSR count). The number of carbonyl (C=O) groups is 1. The average Bonchev–Trinajstić information content (AvgIpc) is 2.31. The first kappa shape index (κ1) is 13.4. The van der Waals surface area contributed by atoms with Crippen LogP contribution >= 0.6 is 0 Å². The molecular formula is C11H12F2O4. The number of ether oxygens (including phenoxy) is 2. The van der Waals surface area contributed by atoms with Gasteiger partial charge in [0.15, 0.2) is 17.7 Å². The minimum absolute atomic E-state index is 0.0713. The Hall–Kier alpha value is -1.69. The molecule has 17 heavy (non-hydrogen) atoms. The van der Waals surface area contributed by atoms with Gasteiger partial charge in [0, 0.05) is 11.6 Å². The highest BCUT2D eigenvalue weighted by Gasteiger charge is 2.24. The second-order valence-corrected chi connectivity index (χ2v) is 3.16. The van der Waals surface area contributed by atoms with E-state index in [1.54, 1.807) is 6.92 Å². The third-order valence-electron chi connectivity index (χ3n) is 2.08. The maximum absolute atomic E-state index is 13.0. The lowest BCUT2D eigenvalue weighted by Gasteiger charge is -2.14. The third-order valence-corrected chi connectivity index (χ3v) is 2.08. The van der Waals surface area contributed by atoms with E-state index in [0.29, 0.717) is 6.07 Å². The second-order valence-electron chi connectivity index (χ2n) is 3.16. The van der Waals surface area contributed by atoms with E-state index in [4.69, 9.17) is 4.74 Å². The highest BCUT2D eigenvalue weighted by Crippen LogP contribution is 2.28. The second kappa shape index (κ2) is 5.58. The van der Waals surface area contributed by atoms with E-state index >= 15 is 0 Å². The van der Waals surface area contributed by atoms with Gasteiger partial charge in [-0.1, -0.05) is 0 Å². The summed E-state index contributed by atoms with van der Waals surface area (Å²) in [4.78, 5) is 11.3. The van der Waals surface area contributed by atoms with E-state index in [1.165, 1.54) is 7.11 Å². The zero-order valence-electron chi connectivity index (χ0n) is 9.37. The molecule has 1 aromatic carbocycles. The molecular weight excluding hydrogens is 234 g/mol. The maximum atomic E-state index is 13.0. The number of rotatable bonds is 4. The molecule has 1 atom stereocenters. The quantitative estimate of drug-likeness (QED) is 0.819. The lowest BCUT2D eigenvalue weighted by Crippen LogP contribution is -2.16. The number of methoxy groups -OCH3 is 1. The molecule has 0 saturated carbocycles. The molecule has 94 valence electrons. The van der Waals surface area contributed by atoms with Crippen LogP contribution in [-0.2, 0) is 9.53 Å². The van der Waals surface area contributed by atoms with Crippen LogP contribution in [0.5, 0.6) is 5.75 Å². The molecule has 0 heterocycles. The Balaban J connectivity index is 3.11. The Morgan fingerprint density at radius 3 is 2.53 bits per heavy atom. The van der Waals surface area contributed by atoms with Crippen molar-refractivity contribution < 1.29 is 28.2 Å².